The van der Waals surface area contributed by atoms with Gasteiger partial charge >= 0.3 is 16.9 Å². The van der Waals surface area contributed by atoms with E-state index in [1.807, 2.05) is 30.1 Å². The number of H-pyrrole nitrogens is 2. The molecule has 9 nitrogen and oxygen atoms in total. The van der Waals surface area contributed by atoms with Crippen molar-refractivity contribution in [2.75, 3.05) is 6.61 Å². The Morgan fingerprint density at radius 3 is 2.50 bits per heavy atom. The highest BCUT2D eigenvalue weighted by Gasteiger charge is 2.19. The van der Waals surface area contributed by atoms with Gasteiger partial charge < -0.3 is 14.5 Å². The molecule has 3 aromatic rings. The van der Waals surface area contributed by atoms with Crippen molar-refractivity contribution in [1.82, 2.24) is 9.97 Å². The largest absolute Gasteiger partial charge is 0.490 e. The fraction of sp³-hybridized carbons (Fsp3) is 0.167. The number of nitrogens with one attached hydrogen (secondary N) is 2. The molecule has 1 aromatic heterocycles. The van der Waals surface area contributed by atoms with Crippen molar-refractivity contribution in [1.29, 1.82) is 0 Å². The van der Waals surface area contributed by atoms with Crippen LogP contribution in [-0.4, -0.2) is 21.5 Å². The first-order chi connectivity index (χ1) is 16.3. The lowest BCUT2D eigenvalue weighted by atomic mass is 10.0. The average molecular weight is 484 g/mol. The van der Waals surface area contributed by atoms with Gasteiger partial charge in [-0.05, 0) is 54.8 Å². The van der Waals surface area contributed by atoms with E-state index in [0.29, 0.717) is 35.1 Å². The second kappa shape index (κ2) is 11.2. The van der Waals surface area contributed by atoms with Crippen LogP contribution in [0.1, 0.15) is 29.3 Å². The zero-order valence-corrected chi connectivity index (χ0v) is 19.1. The van der Waals surface area contributed by atoms with Crippen LogP contribution in [0.25, 0.3) is 12.2 Å². The summed E-state index contributed by atoms with van der Waals surface area (Å²) < 4.78 is 11.9. The van der Waals surface area contributed by atoms with Crippen LogP contribution < -0.4 is 20.7 Å². The van der Waals surface area contributed by atoms with Crippen LogP contribution in [0.3, 0.4) is 0 Å². The van der Waals surface area contributed by atoms with Gasteiger partial charge in [-0.25, -0.2) is 4.79 Å². The topological polar surface area (TPSA) is 127 Å². The van der Waals surface area contributed by atoms with Crippen LogP contribution in [0.15, 0.2) is 58.6 Å². The average Bonchev–Trinajstić information content (AvgIpc) is 2.78. The Hall–Kier alpha value is -4.11. The van der Waals surface area contributed by atoms with E-state index >= 15 is 0 Å². The smallest absolute Gasteiger partial charge is 0.357 e. The van der Waals surface area contributed by atoms with Gasteiger partial charge in [0, 0.05) is 10.6 Å². The van der Waals surface area contributed by atoms with Crippen LogP contribution in [0.2, 0.25) is 5.02 Å². The maximum Gasteiger partial charge on any atom is 0.357 e. The number of allylic oxidation sites excluding steroid dienone is 1. The molecule has 1 heterocycles. The van der Waals surface area contributed by atoms with E-state index in [-0.39, 0.29) is 12.3 Å². The highest BCUT2D eigenvalue weighted by atomic mass is 35.5. The third kappa shape index (κ3) is 6.02. The molecule has 0 spiro atoms. The molecule has 0 unspecified atom stereocenters. The summed E-state index contributed by atoms with van der Waals surface area (Å²) in [6.45, 7) is 6.30. The maximum atomic E-state index is 11.8. The molecule has 3 rings (SSSR count). The molecule has 0 aliphatic carbocycles. The summed E-state index contributed by atoms with van der Waals surface area (Å²) in [6, 6.07) is 10.8. The summed E-state index contributed by atoms with van der Waals surface area (Å²) in [7, 11) is 0. The fourth-order valence-corrected chi connectivity index (χ4v) is 3.35. The lowest BCUT2D eigenvalue weighted by Gasteiger charge is -2.17. The fourth-order valence-electron chi connectivity index (χ4n) is 3.23. The lowest BCUT2D eigenvalue weighted by molar-refractivity contribution is -0.386. The van der Waals surface area contributed by atoms with Crippen molar-refractivity contribution in [2.45, 2.75) is 20.0 Å². The monoisotopic (exact) mass is 483 g/mol. The number of nitro groups is 1. The maximum absolute atomic E-state index is 11.8. The Morgan fingerprint density at radius 1 is 1.12 bits per heavy atom. The molecule has 10 heteroatoms. The second-order valence-electron chi connectivity index (χ2n) is 7.11. The number of aromatic amines is 2. The van der Waals surface area contributed by atoms with Crippen LogP contribution in [0.4, 0.5) is 5.69 Å². The number of halogens is 1. The van der Waals surface area contributed by atoms with Gasteiger partial charge in [-0.2, -0.15) is 0 Å². The molecule has 2 N–H and O–H groups in total. The first kappa shape index (κ1) is 24.5. The Balaban J connectivity index is 2.00. The molecular formula is C24H22ClN3O6. The Morgan fingerprint density at radius 2 is 1.85 bits per heavy atom. The van der Waals surface area contributed by atoms with Crippen molar-refractivity contribution >= 4 is 29.4 Å². The number of benzene rings is 2. The molecule has 0 saturated carbocycles. The normalized spacial score (nSPS) is 10.9. The molecule has 0 saturated heterocycles. The molecule has 0 aliphatic rings. The zero-order valence-electron chi connectivity index (χ0n) is 18.3. The summed E-state index contributed by atoms with van der Waals surface area (Å²) in [5.41, 5.74) is -0.575. The summed E-state index contributed by atoms with van der Waals surface area (Å²) >= 11 is 5.94. The van der Waals surface area contributed by atoms with Gasteiger partial charge in [-0.3, -0.25) is 19.9 Å². The van der Waals surface area contributed by atoms with Crippen molar-refractivity contribution in [3.05, 3.63) is 107 Å². The minimum absolute atomic E-state index is 0.218. The molecule has 2 aromatic carbocycles. The third-order valence-electron chi connectivity index (χ3n) is 4.69. The van der Waals surface area contributed by atoms with Gasteiger partial charge in [0.1, 0.15) is 12.3 Å². The standard InChI is InChI=1S/C24H22ClN3O6/c1-3-5-17-12-16(8-11-19-21(28(31)32)23(29)27-24(30)26-19)13-20(33-4-2)22(17)34-14-15-6-9-18(25)10-7-15/h3,6-13H,1,4-5,14H2,2H3,(H2,26,27,29,30). The number of aromatic nitrogens is 2. The molecule has 0 atom stereocenters. The van der Waals surface area contributed by atoms with E-state index in [0.717, 1.165) is 11.1 Å². The number of rotatable bonds is 10. The van der Waals surface area contributed by atoms with Gasteiger partial charge in [0.2, 0.25) is 0 Å². The number of hydrogen-bond donors (Lipinski definition) is 2. The van der Waals surface area contributed by atoms with Gasteiger partial charge in [0.05, 0.1) is 11.5 Å². The molecule has 0 radical (unpaired) electrons. The Kier molecular flexibility index (Phi) is 8.05. The van der Waals surface area contributed by atoms with E-state index in [1.54, 1.807) is 24.3 Å². The zero-order chi connectivity index (χ0) is 24.7. The minimum Gasteiger partial charge on any atom is -0.490 e. The molecule has 0 bridgehead atoms. The van der Waals surface area contributed by atoms with Crippen molar-refractivity contribution in [3.63, 3.8) is 0 Å². The predicted molar refractivity (Wildman–Crippen MR) is 131 cm³/mol. The Bertz CT molecular complexity index is 1340. The van der Waals surface area contributed by atoms with Gasteiger partial charge in [0.15, 0.2) is 11.5 Å². The second-order valence-corrected chi connectivity index (χ2v) is 7.55. The molecule has 176 valence electrons. The lowest BCUT2D eigenvalue weighted by Crippen LogP contribution is -2.25. The molecule has 34 heavy (non-hydrogen) atoms. The van der Waals surface area contributed by atoms with Gasteiger partial charge in [-0.1, -0.05) is 35.9 Å². The quantitative estimate of drug-likeness (QED) is 0.248. The summed E-state index contributed by atoms with van der Waals surface area (Å²) in [5, 5.41) is 11.9. The molecule has 0 amide bonds. The summed E-state index contributed by atoms with van der Waals surface area (Å²) in [6.07, 6.45) is 5.02. The van der Waals surface area contributed by atoms with Gasteiger partial charge in [-0.15, -0.1) is 6.58 Å². The van der Waals surface area contributed by atoms with Crippen LogP contribution in [-0.2, 0) is 13.0 Å². The SMILES string of the molecule is C=CCc1cc(C=Cc2[nH]c(=O)[nH]c(=O)c2[N+](=O)[O-])cc(OCC)c1OCc1ccc(Cl)cc1. The van der Waals surface area contributed by atoms with Crippen LogP contribution >= 0.6 is 11.6 Å². The number of ether oxygens (including phenoxy) is 2. The summed E-state index contributed by atoms with van der Waals surface area (Å²) in [5.74, 6) is 1.02. The minimum atomic E-state index is -1.08. The molecule has 0 aliphatic heterocycles. The van der Waals surface area contributed by atoms with Gasteiger partial charge in [0.25, 0.3) is 0 Å². The van der Waals surface area contributed by atoms with Crippen LogP contribution in [0.5, 0.6) is 11.5 Å². The number of nitrogens with zero attached hydrogens (tertiary/aromatic N) is 1. The first-order valence-corrected chi connectivity index (χ1v) is 10.7. The van der Waals surface area contributed by atoms with E-state index in [9.17, 15) is 19.7 Å². The van der Waals surface area contributed by atoms with Crippen molar-refractivity contribution < 1.29 is 14.4 Å². The first-order valence-electron chi connectivity index (χ1n) is 10.3. The van der Waals surface area contributed by atoms with Crippen molar-refractivity contribution in [2.24, 2.45) is 0 Å². The van der Waals surface area contributed by atoms with Crippen LogP contribution in [0, 0.1) is 10.1 Å². The van der Waals surface area contributed by atoms with E-state index in [4.69, 9.17) is 21.1 Å². The number of hydrogen-bond acceptors (Lipinski definition) is 6. The Labute approximate surface area is 199 Å². The third-order valence-corrected chi connectivity index (χ3v) is 4.94. The predicted octanol–water partition coefficient (Wildman–Crippen LogP) is 4.50. The van der Waals surface area contributed by atoms with E-state index in [1.165, 1.54) is 12.2 Å². The molecular weight excluding hydrogens is 462 g/mol. The highest BCUT2D eigenvalue weighted by Crippen LogP contribution is 2.35. The molecule has 0 fully saturated rings. The summed E-state index contributed by atoms with van der Waals surface area (Å²) in [4.78, 5) is 38.0. The van der Waals surface area contributed by atoms with E-state index in [2.05, 4.69) is 11.6 Å². The highest BCUT2D eigenvalue weighted by molar-refractivity contribution is 6.30. The van der Waals surface area contributed by atoms with E-state index < -0.39 is 21.9 Å². The van der Waals surface area contributed by atoms with Crippen molar-refractivity contribution in [3.8, 4) is 11.5 Å².